The van der Waals surface area contributed by atoms with Gasteiger partial charge in [0.05, 0.1) is 5.69 Å². The second kappa shape index (κ2) is 5.77. The van der Waals surface area contributed by atoms with Crippen molar-refractivity contribution in [3.8, 4) is 5.75 Å². The first-order chi connectivity index (χ1) is 10.1. The highest BCUT2D eigenvalue weighted by atomic mass is 79.9. The number of rotatable bonds is 3. The Morgan fingerprint density at radius 2 is 2.10 bits per heavy atom. The van der Waals surface area contributed by atoms with Gasteiger partial charge in [0, 0.05) is 16.7 Å². The highest BCUT2D eigenvalue weighted by molar-refractivity contribution is 9.10. The van der Waals surface area contributed by atoms with E-state index in [0.29, 0.717) is 18.0 Å². The van der Waals surface area contributed by atoms with Crippen LogP contribution in [0.3, 0.4) is 0 Å². The Balaban J connectivity index is 1.74. The van der Waals surface area contributed by atoms with Crippen LogP contribution in [0.15, 0.2) is 46.9 Å². The maximum atomic E-state index is 11.6. The van der Waals surface area contributed by atoms with Gasteiger partial charge >= 0.3 is 0 Å². The van der Waals surface area contributed by atoms with Crippen LogP contribution >= 0.6 is 15.9 Å². The lowest BCUT2D eigenvalue weighted by molar-refractivity contribution is -0.122. The summed E-state index contributed by atoms with van der Waals surface area (Å²) in [6.07, 6.45) is -0.448. The molecular formula is C16H15BrN2O2. The van der Waals surface area contributed by atoms with Crippen LogP contribution in [0.4, 0.5) is 11.4 Å². The molecule has 0 aliphatic carbocycles. The van der Waals surface area contributed by atoms with Gasteiger partial charge in [-0.2, -0.15) is 0 Å². The predicted molar refractivity (Wildman–Crippen MR) is 86.6 cm³/mol. The van der Waals surface area contributed by atoms with Gasteiger partial charge in [-0.05, 0) is 36.8 Å². The van der Waals surface area contributed by atoms with Crippen molar-refractivity contribution in [1.82, 2.24) is 0 Å². The van der Waals surface area contributed by atoms with Crippen LogP contribution < -0.4 is 15.4 Å². The molecule has 2 N–H and O–H groups in total. The van der Waals surface area contributed by atoms with Crippen molar-refractivity contribution in [3.05, 3.63) is 52.5 Å². The Hall–Kier alpha value is -2.01. The molecule has 0 bridgehead atoms. The maximum Gasteiger partial charge on any atom is 0.265 e. The minimum Gasteiger partial charge on any atom is -0.479 e. The molecule has 1 atom stereocenters. The Bertz CT molecular complexity index is 688. The van der Waals surface area contributed by atoms with Crippen molar-refractivity contribution in [2.75, 3.05) is 10.6 Å². The van der Waals surface area contributed by atoms with E-state index in [1.165, 1.54) is 5.56 Å². The van der Waals surface area contributed by atoms with Gasteiger partial charge in [0.15, 0.2) is 6.10 Å². The molecule has 0 aromatic heterocycles. The third kappa shape index (κ3) is 3.03. The number of hydrogen-bond acceptors (Lipinski definition) is 3. The number of nitrogens with one attached hydrogen (secondary N) is 2. The second-order valence-corrected chi connectivity index (χ2v) is 5.76. The van der Waals surface area contributed by atoms with Crippen molar-refractivity contribution in [2.45, 2.75) is 19.6 Å². The summed E-state index contributed by atoms with van der Waals surface area (Å²) in [5.74, 6) is 0.582. The van der Waals surface area contributed by atoms with Gasteiger partial charge in [0.2, 0.25) is 0 Å². The molecule has 0 saturated carbocycles. The standard InChI is InChI=1S/C16H15BrN2O2/c1-10-16(20)19-14-8-12(6-7-15(14)21-10)18-9-11-4-2-3-5-13(11)17/h2-8,10,18H,9H2,1H3,(H,19,20). The van der Waals surface area contributed by atoms with Gasteiger partial charge in [0.1, 0.15) is 5.75 Å². The molecule has 2 aromatic rings. The maximum absolute atomic E-state index is 11.6. The van der Waals surface area contributed by atoms with Crippen molar-refractivity contribution in [3.63, 3.8) is 0 Å². The monoisotopic (exact) mass is 346 g/mol. The van der Waals surface area contributed by atoms with Gasteiger partial charge in [0.25, 0.3) is 5.91 Å². The van der Waals surface area contributed by atoms with E-state index in [1.807, 2.05) is 36.4 Å². The fraction of sp³-hybridized carbons (Fsp3) is 0.188. The minimum atomic E-state index is -0.448. The Morgan fingerprint density at radius 1 is 1.29 bits per heavy atom. The summed E-state index contributed by atoms with van der Waals surface area (Å²) >= 11 is 3.53. The number of anilines is 2. The summed E-state index contributed by atoms with van der Waals surface area (Å²) < 4.78 is 6.60. The van der Waals surface area contributed by atoms with Gasteiger partial charge in [-0.25, -0.2) is 0 Å². The number of ether oxygens (including phenoxy) is 1. The van der Waals surface area contributed by atoms with E-state index in [4.69, 9.17) is 4.74 Å². The first kappa shape index (κ1) is 13.9. The number of carbonyl (C=O) groups excluding carboxylic acids is 1. The highest BCUT2D eigenvalue weighted by Gasteiger charge is 2.23. The quantitative estimate of drug-likeness (QED) is 0.889. The molecule has 1 aliphatic heterocycles. The smallest absolute Gasteiger partial charge is 0.265 e. The van der Waals surface area contributed by atoms with Crippen LogP contribution in [0.25, 0.3) is 0 Å². The van der Waals surface area contributed by atoms with Crippen LogP contribution in [0.5, 0.6) is 5.75 Å². The van der Waals surface area contributed by atoms with E-state index < -0.39 is 6.10 Å². The van der Waals surface area contributed by atoms with Crippen molar-refractivity contribution in [2.24, 2.45) is 0 Å². The third-order valence-electron chi connectivity index (χ3n) is 3.35. The number of amides is 1. The minimum absolute atomic E-state index is 0.120. The fourth-order valence-electron chi connectivity index (χ4n) is 2.16. The van der Waals surface area contributed by atoms with Gasteiger partial charge in [-0.3, -0.25) is 4.79 Å². The summed E-state index contributed by atoms with van der Waals surface area (Å²) in [4.78, 5) is 11.6. The van der Waals surface area contributed by atoms with E-state index in [9.17, 15) is 4.79 Å². The molecule has 1 unspecified atom stereocenters. The molecule has 0 radical (unpaired) electrons. The molecule has 4 nitrogen and oxygen atoms in total. The molecule has 0 saturated heterocycles. The summed E-state index contributed by atoms with van der Waals surface area (Å²) in [6, 6.07) is 13.8. The number of fused-ring (bicyclic) bond motifs is 1. The molecule has 5 heteroatoms. The van der Waals surface area contributed by atoms with Gasteiger partial charge < -0.3 is 15.4 Å². The van der Waals surface area contributed by atoms with Crippen LogP contribution in [-0.2, 0) is 11.3 Å². The Labute approximate surface area is 131 Å². The van der Waals surface area contributed by atoms with Crippen molar-refractivity contribution < 1.29 is 9.53 Å². The Kier molecular flexibility index (Phi) is 3.84. The summed E-state index contributed by atoms with van der Waals surface area (Å²) in [7, 11) is 0. The average molecular weight is 347 g/mol. The van der Waals surface area contributed by atoms with Crippen LogP contribution in [0.1, 0.15) is 12.5 Å². The fourth-order valence-corrected chi connectivity index (χ4v) is 2.58. The largest absolute Gasteiger partial charge is 0.479 e. The number of carbonyl (C=O) groups is 1. The van der Waals surface area contributed by atoms with Crippen LogP contribution in [-0.4, -0.2) is 12.0 Å². The van der Waals surface area contributed by atoms with Crippen molar-refractivity contribution in [1.29, 1.82) is 0 Å². The lowest BCUT2D eigenvalue weighted by atomic mass is 10.2. The van der Waals surface area contributed by atoms with E-state index in [0.717, 1.165) is 10.2 Å². The molecule has 1 amide bonds. The second-order valence-electron chi connectivity index (χ2n) is 4.91. The number of benzene rings is 2. The Morgan fingerprint density at radius 3 is 2.90 bits per heavy atom. The average Bonchev–Trinajstić information content (AvgIpc) is 2.48. The normalized spacial score (nSPS) is 16.7. The zero-order valence-electron chi connectivity index (χ0n) is 11.5. The molecule has 108 valence electrons. The third-order valence-corrected chi connectivity index (χ3v) is 4.12. The lowest BCUT2D eigenvalue weighted by Crippen LogP contribution is -2.34. The highest BCUT2D eigenvalue weighted by Crippen LogP contribution is 2.32. The molecule has 3 rings (SSSR count). The summed E-state index contributed by atoms with van der Waals surface area (Å²) in [5.41, 5.74) is 2.81. The lowest BCUT2D eigenvalue weighted by Gasteiger charge is -2.23. The van der Waals surface area contributed by atoms with Crippen LogP contribution in [0, 0.1) is 0 Å². The predicted octanol–water partition coefficient (Wildman–Crippen LogP) is 3.78. The van der Waals surface area contributed by atoms with Crippen LogP contribution in [0.2, 0.25) is 0 Å². The van der Waals surface area contributed by atoms with Crippen molar-refractivity contribution >= 4 is 33.2 Å². The molecule has 0 spiro atoms. The van der Waals surface area contributed by atoms with E-state index >= 15 is 0 Å². The van der Waals surface area contributed by atoms with E-state index in [1.54, 1.807) is 6.92 Å². The molecule has 0 fully saturated rings. The zero-order chi connectivity index (χ0) is 14.8. The van der Waals surface area contributed by atoms with E-state index in [-0.39, 0.29) is 5.91 Å². The SMILES string of the molecule is CC1Oc2ccc(NCc3ccccc3Br)cc2NC1=O. The molecule has 2 aromatic carbocycles. The topological polar surface area (TPSA) is 50.4 Å². The van der Waals surface area contributed by atoms with Gasteiger partial charge in [-0.15, -0.1) is 0 Å². The number of halogens is 1. The van der Waals surface area contributed by atoms with Gasteiger partial charge in [-0.1, -0.05) is 34.1 Å². The zero-order valence-corrected chi connectivity index (χ0v) is 13.1. The first-order valence-corrected chi connectivity index (χ1v) is 7.51. The molecule has 1 aliphatic rings. The summed E-state index contributed by atoms with van der Waals surface area (Å²) in [5, 5.41) is 6.19. The molecule has 21 heavy (non-hydrogen) atoms. The summed E-state index contributed by atoms with van der Waals surface area (Å²) in [6.45, 7) is 2.43. The number of hydrogen-bond donors (Lipinski definition) is 2. The van der Waals surface area contributed by atoms with E-state index in [2.05, 4.69) is 32.6 Å². The molecule has 1 heterocycles. The molecular weight excluding hydrogens is 332 g/mol. The first-order valence-electron chi connectivity index (χ1n) is 6.72.